The lowest BCUT2D eigenvalue weighted by molar-refractivity contribution is 0.102. The molecule has 2 amide bonds. The number of phenols is 1. The zero-order valence-corrected chi connectivity index (χ0v) is 16.8. The van der Waals surface area contributed by atoms with E-state index in [1.165, 1.54) is 18.2 Å². The van der Waals surface area contributed by atoms with E-state index in [2.05, 4.69) is 15.6 Å². The number of nitrogens with zero attached hydrogens (tertiary/aromatic N) is 2. The third-order valence-corrected chi connectivity index (χ3v) is 4.83. The van der Waals surface area contributed by atoms with Gasteiger partial charge in [-0.2, -0.15) is 0 Å². The first kappa shape index (κ1) is 20.1. The van der Waals surface area contributed by atoms with Crippen molar-refractivity contribution >= 4 is 29.2 Å². The van der Waals surface area contributed by atoms with Crippen molar-refractivity contribution in [1.29, 1.82) is 5.41 Å². The Morgan fingerprint density at radius 3 is 2.32 bits per heavy atom. The molecule has 2 heterocycles. The predicted molar refractivity (Wildman–Crippen MR) is 118 cm³/mol. The Kier molecular flexibility index (Phi) is 5.36. The van der Waals surface area contributed by atoms with Crippen molar-refractivity contribution in [2.75, 3.05) is 23.7 Å². The van der Waals surface area contributed by atoms with Crippen molar-refractivity contribution in [3.05, 3.63) is 83.0 Å². The largest absolute Gasteiger partial charge is 0.508 e. The van der Waals surface area contributed by atoms with Gasteiger partial charge < -0.3 is 20.6 Å². The summed E-state index contributed by atoms with van der Waals surface area (Å²) in [5.74, 6) is -0.212. The van der Waals surface area contributed by atoms with Crippen molar-refractivity contribution < 1.29 is 14.7 Å². The standard InChI is InChI=1S/C23H21N5O3/c1-14-2-9-20(25-13-14)27-23(31)18-12-17(29)7-8-19(18)26-22(30)16-5-3-15(4-6-16)21(24)28-10-11-28/h2-9,12-13,24,29H,10-11H2,1H3,(H,26,30)(H,25,27,31). The van der Waals surface area contributed by atoms with E-state index >= 15 is 0 Å². The van der Waals surface area contributed by atoms with E-state index in [1.54, 1.807) is 36.5 Å². The second-order valence-corrected chi connectivity index (χ2v) is 7.27. The maximum atomic E-state index is 12.7. The number of carbonyl (C=O) groups excluding carboxylic acids is 2. The molecule has 31 heavy (non-hydrogen) atoms. The van der Waals surface area contributed by atoms with Gasteiger partial charge in [0.1, 0.15) is 17.4 Å². The van der Waals surface area contributed by atoms with Crippen LogP contribution in [-0.2, 0) is 0 Å². The molecule has 1 fully saturated rings. The van der Waals surface area contributed by atoms with Crippen LogP contribution in [0.3, 0.4) is 0 Å². The summed E-state index contributed by atoms with van der Waals surface area (Å²) in [6.07, 6.45) is 1.63. The first-order valence-electron chi connectivity index (χ1n) is 9.73. The van der Waals surface area contributed by atoms with Crippen molar-refractivity contribution in [3.63, 3.8) is 0 Å². The Morgan fingerprint density at radius 1 is 0.968 bits per heavy atom. The highest BCUT2D eigenvalue weighted by atomic mass is 16.3. The van der Waals surface area contributed by atoms with Gasteiger partial charge in [-0.3, -0.25) is 15.0 Å². The molecule has 1 aliphatic heterocycles. The van der Waals surface area contributed by atoms with Crippen molar-refractivity contribution in [2.45, 2.75) is 6.92 Å². The predicted octanol–water partition coefficient (Wildman–Crippen LogP) is 3.24. The third kappa shape index (κ3) is 4.69. The second-order valence-electron chi connectivity index (χ2n) is 7.27. The number of aromatic nitrogens is 1. The van der Waals surface area contributed by atoms with Crippen LogP contribution in [0.1, 0.15) is 31.8 Å². The third-order valence-electron chi connectivity index (χ3n) is 4.83. The maximum Gasteiger partial charge on any atom is 0.259 e. The Bertz CT molecular complexity index is 1150. The highest BCUT2D eigenvalue weighted by Crippen LogP contribution is 2.23. The number of amidine groups is 1. The van der Waals surface area contributed by atoms with Crippen LogP contribution in [0, 0.1) is 12.3 Å². The monoisotopic (exact) mass is 415 g/mol. The van der Waals surface area contributed by atoms with Gasteiger partial charge in [-0.05, 0) is 48.9 Å². The summed E-state index contributed by atoms with van der Waals surface area (Å²) in [5, 5.41) is 23.3. The highest BCUT2D eigenvalue weighted by molar-refractivity contribution is 6.12. The van der Waals surface area contributed by atoms with E-state index in [4.69, 9.17) is 5.41 Å². The molecule has 1 saturated heterocycles. The van der Waals surface area contributed by atoms with Crippen LogP contribution >= 0.6 is 0 Å². The molecule has 2 aromatic carbocycles. The first-order chi connectivity index (χ1) is 14.9. The van der Waals surface area contributed by atoms with Crippen LogP contribution in [-0.4, -0.2) is 45.7 Å². The van der Waals surface area contributed by atoms with Gasteiger partial charge in [0.25, 0.3) is 11.8 Å². The van der Waals surface area contributed by atoms with Gasteiger partial charge in [-0.1, -0.05) is 18.2 Å². The number of rotatable bonds is 5. The van der Waals surface area contributed by atoms with Gasteiger partial charge in [0.05, 0.1) is 11.3 Å². The van der Waals surface area contributed by atoms with Crippen molar-refractivity contribution in [2.24, 2.45) is 0 Å². The molecule has 1 aromatic heterocycles. The summed E-state index contributed by atoms with van der Waals surface area (Å²) >= 11 is 0. The average Bonchev–Trinajstić information content (AvgIpc) is 3.61. The van der Waals surface area contributed by atoms with E-state index in [0.29, 0.717) is 17.2 Å². The zero-order valence-electron chi connectivity index (χ0n) is 16.8. The van der Waals surface area contributed by atoms with E-state index in [-0.39, 0.29) is 17.0 Å². The summed E-state index contributed by atoms with van der Waals surface area (Å²) in [7, 11) is 0. The lowest BCUT2D eigenvalue weighted by Gasteiger charge is -2.12. The minimum absolute atomic E-state index is 0.0991. The quantitative estimate of drug-likeness (QED) is 0.221. The molecule has 0 unspecified atom stereocenters. The Balaban J connectivity index is 1.51. The van der Waals surface area contributed by atoms with Gasteiger partial charge in [-0.25, -0.2) is 4.98 Å². The smallest absolute Gasteiger partial charge is 0.259 e. The Labute approximate surface area is 179 Å². The van der Waals surface area contributed by atoms with E-state index in [1.807, 2.05) is 17.9 Å². The van der Waals surface area contributed by atoms with E-state index < -0.39 is 11.8 Å². The molecular formula is C23H21N5O3. The number of nitrogens with one attached hydrogen (secondary N) is 3. The van der Waals surface area contributed by atoms with Crippen LogP contribution < -0.4 is 10.6 Å². The molecule has 4 rings (SSSR count). The summed E-state index contributed by atoms with van der Waals surface area (Å²) in [4.78, 5) is 31.5. The topological polar surface area (TPSA) is 118 Å². The van der Waals surface area contributed by atoms with E-state index in [9.17, 15) is 14.7 Å². The number of amides is 2. The number of anilines is 2. The van der Waals surface area contributed by atoms with Crippen molar-refractivity contribution in [3.8, 4) is 5.75 Å². The molecule has 8 heteroatoms. The maximum absolute atomic E-state index is 12.7. The van der Waals surface area contributed by atoms with Crippen LogP contribution in [0.25, 0.3) is 0 Å². The summed E-state index contributed by atoms with van der Waals surface area (Å²) in [6, 6.07) is 14.4. The molecule has 0 aliphatic carbocycles. The van der Waals surface area contributed by atoms with Crippen LogP contribution in [0.4, 0.5) is 11.5 Å². The van der Waals surface area contributed by atoms with Crippen molar-refractivity contribution in [1.82, 2.24) is 9.88 Å². The number of carbonyl (C=O) groups is 2. The minimum Gasteiger partial charge on any atom is -0.508 e. The van der Waals surface area contributed by atoms with Gasteiger partial charge in [0.15, 0.2) is 0 Å². The minimum atomic E-state index is -0.509. The molecule has 0 spiro atoms. The Morgan fingerprint density at radius 2 is 1.68 bits per heavy atom. The summed E-state index contributed by atoms with van der Waals surface area (Å²) in [6.45, 7) is 3.65. The van der Waals surface area contributed by atoms with Gasteiger partial charge in [-0.15, -0.1) is 0 Å². The van der Waals surface area contributed by atoms with Gasteiger partial charge in [0.2, 0.25) is 0 Å². The summed E-state index contributed by atoms with van der Waals surface area (Å²) < 4.78 is 0. The van der Waals surface area contributed by atoms with Crippen LogP contribution in [0.5, 0.6) is 5.75 Å². The fourth-order valence-corrected chi connectivity index (χ4v) is 2.98. The second kappa shape index (κ2) is 8.27. The number of hydrogen-bond acceptors (Lipinski definition) is 5. The fourth-order valence-electron chi connectivity index (χ4n) is 2.98. The molecule has 0 saturated carbocycles. The Hall–Kier alpha value is -4.20. The molecule has 3 aromatic rings. The lowest BCUT2D eigenvalue weighted by atomic mass is 10.1. The number of benzene rings is 2. The molecule has 156 valence electrons. The van der Waals surface area contributed by atoms with E-state index in [0.717, 1.165) is 24.2 Å². The number of aryl methyl sites for hydroxylation is 1. The number of hydrogen-bond donors (Lipinski definition) is 4. The molecule has 0 bridgehead atoms. The lowest BCUT2D eigenvalue weighted by Crippen LogP contribution is -2.19. The zero-order chi connectivity index (χ0) is 22.0. The average molecular weight is 415 g/mol. The first-order valence-corrected chi connectivity index (χ1v) is 9.73. The number of aromatic hydroxyl groups is 1. The SMILES string of the molecule is Cc1ccc(NC(=O)c2cc(O)ccc2NC(=O)c2ccc(C(=N)N3CC3)cc2)nc1. The molecule has 0 radical (unpaired) electrons. The molecule has 4 N–H and O–H groups in total. The van der Waals surface area contributed by atoms with Gasteiger partial charge >= 0.3 is 0 Å². The van der Waals surface area contributed by atoms with Crippen LogP contribution in [0.2, 0.25) is 0 Å². The fraction of sp³-hybridized carbons (Fsp3) is 0.130. The normalized spacial score (nSPS) is 12.2. The highest BCUT2D eigenvalue weighted by Gasteiger charge is 2.22. The molecular weight excluding hydrogens is 394 g/mol. The molecule has 0 atom stereocenters. The van der Waals surface area contributed by atoms with Crippen LogP contribution in [0.15, 0.2) is 60.8 Å². The number of phenolic OH excluding ortho intramolecular Hbond substituents is 1. The molecule has 8 nitrogen and oxygen atoms in total. The molecule has 1 aliphatic rings. The summed E-state index contributed by atoms with van der Waals surface area (Å²) in [5.41, 5.74) is 2.45. The van der Waals surface area contributed by atoms with Gasteiger partial charge in [0, 0.05) is 30.4 Å². The number of pyridine rings is 1.